The zero-order chi connectivity index (χ0) is 11.3. The molecule has 0 heterocycles. The van der Waals surface area contributed by atoms with Crippen LogP contribution in [0.5, 0.6) is 5.75 Å². The van der Waals surface area contributed by atoms with Crippen LogP contribution in [0.15, 0.2) is 17.0 Å². The summed E-state index contributed by atoms with van der Waals surface area (Å²) < 4.78 is 5.25. The summed E-state index contributed by atoms with van der Waals surface area (Å²) in [6.45, 7) is 2.06. The van der Waals surface area contributed by atoms with Gasteiger partial charge < -0.3 is 4.74 Å². The quantitative estimate of drug-likeness (QED) is 0.756. The van der Waals surface area contributed by atoms with E-state index in [0.717, 1.165) is 22.6 Å². The van der Waals surface area contributed by atoms with Crippen LogP contribution in [0.3, 0.4) is 0 Å². The molecular weight excluding hydrogens is 230 g/mol. The average Bonchev–Trinajstić information content (AvgIpc) is 2.26. The third-order valence-corrected chi connectivity index (χ3v) is 3.37. The van der Waals surface area contributed by atoms with Crippen LogP contribution in [0.4, 0.5) is 0 Å². The van der Waals surface area contributed by atoms with Gasteiger partial charge in [-0.15, -0.1) is 11.8 Å². The van der Waals surface area contributed by atoms with E-state index >= 15 is 0 Å². The van der Waals surface area contributed by atoms with Crippen LogP contribution in [-0.4, -0.2) is 12.9 Å². The number of rotatable bonds is 4. The van der Waals surface area contributed by atoms with Gasteiger partial charge in [0.05, 0.1) is 28.8 Å². The fourth-order valence-electron chi connectivity index (χ4n) is 1.22. The fraction of sp³-hybridized carbons (Fsp3) is 0.364. The van der Waals surface area contributed by atoms with Crippen molar-refractivity contribution in [1.82, 2.24) is 0 Å². The van der Waals surface area contributed by atoms with Gasteiger partial charge in [0.15, 0.2) is 0 Å². The van der Waals surface area contributed by atoms with Crippen molar-refractivity contribution in [2.45, 2.75) is 18.2 Å². The van der Waals surface area contributed by atoms with E-state index in [4.69, 9.17) is 21.6 Å². The van der Waals surface area contributed by atoms with Crippen molar-refractivity contribution in [1.29, 1.82) is 5.26 Å². The number of halogens is 1. The molecule has 1 rings (SSSR count). The molecule has 80 valence electrons. The van der Waals surface area contributed by atoms with Crippen LogP contribution in [0.25, 0.3) is 0 Å². The molecule has 0 spiro atoms. The maximum atomic E-state index is 8.53. The summed E-state index contributed by atoms with van der Waals surface area (Å²) in [6.07, 6.45) is 0.916. The molecule has 0 radical (unpaired) electrons. The first-order valence-corrected chi connectivity index (χ1v) is 5.95. The summed E-state index contributed by atoms with van der Waals surface area (Å²) in [5.41, 5.74) is 1.14. The second kappa shape index (κ2) is 5.89. The molecule has 1 aromatic rings. The van der Waals surface area contributed by atoms with Gasteiger partial charge >= 0.3 is 0 Å². The third-order valence-electron chi connectivity index (χ3n) is 1.98. The summed E-state index contributed by atoms with van der Waals surface area (Å²) in [6, 6.07) is 5.96. The Morgan fingerprint density at radius 2 is 2.27 bits per heavy atom. The Kier molecular flexibility index (Phi) is 4.80. The lowest BCUT2D eigenvalue weighted by atomic mass is 10.1. The van der Waals surface area contributed by atoms with E-state index in [-0.39, 0.29) is 0 Å². The molecule has 2 nitrogen and oxygen atoms in total. The molecule has 0 aliphatic heterocycles. The smallest absolute Gasteiger partial charge is 0.134 e. The SMILES string of the molecule is CCc1cc(Cl)c(SCC#N)c(OC)c1. The van der Waals surface area contributed by atoms with Gasteiger partial charge in [-0.1, -0.05) is 18.5 Å². The van der Waals surface area contributed by atoms with Crippen molar-refractivity contribution in [3.05, 3.63) is 22.7 Å². The molecule has 0 saturated heterocycles. The molecule has 0 amide bonds. The molecule has 0 bridgehead atoms. The van der Waals surface area contributed by atoms with Gasteiger partial charge in [-0.25, -0.2) is 0 Å². The van der Waals surface area contributed by atoms with Gasteiger partial charge in [-0.05, 0) is 24.1 Å². The maximum absolute atomic E-state index is 8.53. The monoisotopic (exact) mass is 241 g/mol. The van der Waals surface area contributed by atoms with Crippen molar-refractivity contribution >= 4 is 23.4 Å². The lowest BCUT2D eigenvalue weighted by Gasteiger charge is -2.10. The van der Waals surface area contributed by atoms with Gasteiger partial charge in [-0.3, -0.25) is 0 Å². The molecule has 0 fully saturated rings. The molecule has 0 unspecified atom stereocenters. The second-order valence-corrected chi connectivity index (χ2v) is 4.30. The third kappa shape index (κ3) is 3.05. The van der Waals surface area contributed by atoms with E-state index in [1.165, 1.54) is 11.8 Å². The van der Waals surface area contributed by atoms with Crippen molar-refractivity contribution in [3.63, 3.8) is 0 Å². The zero-order valence-corrected chi connectivity index (χ0v) is 10.3. The molecule has 0 aromatic heterocycles. The minimum absolute atomic E-state index is 0.377. The topological polar surface area (TPSA) is 33.0 Å². The van der Waals surface area contributed by atoms with Gasteiger partial charge in [0.25, 0.3) is 0 Å². The number of ether oxygens (including phenoxy) is 1. The lowest BCUT2D eigenvalue weighted by Crippen LogP contribution is -1.91. The molecule has 0 saturated carbocycles. The lowest BCUT2D eigenvalue weighted by molar-refractivity contribution is 0.404. The first kappa shape index (κ1) is 12.2. The Hall–Kier alpha value is -0.850. The summed E-state index contributed by atoms with van der Waals surface area (Å²) in [4.78, 5) is 0.845. The first-order valence-electron chi connectivity index (χ1n) is 4.59. The Bertz CT molecular complexity index is 387. The fourth-order valence-corrected chi connectivity index (χ4v) is 2.31. The number of nitrogens with zero attached hydrogens (tertiary/aromatic N) is 1. The predicted octanol–water partition coefficient (Wildman–Crippen LogP) is 3.53. The molecule has 0 aliphatic rings. The van der Waals surface area contributed by atoms with E-state index in [0.29, 0.717) is 10.8 Å². The highest BCUT2D eigenvalue weighted by atomic mass is 35.5. The highest BCUT2D eigenvalue weighted by Crippen LogP contribution is 2.36. The summed E-state index contributed by atoms with van der Waals surface area (Å²) in [5, 5.41) is 9.19. The zero-order valence-electron chi connectivity index (χ0n) is 8.71. The summed E-state index contributed by atoms with van der Waals surface area (Å²) >= 11 is 7.52. The summed E-state index contributed by atoms with van der Waals surface area (Å²) in [5.74, 6) is 1.13. The minimum Gasteiger partial charge on any atom is -0.496 e. The Labute approximate surface area is 99.2 Å². The number of methoxy groups -OCH3 is 1. The molecule has 1 aromatic carbocycles. The number of thioether (sulfide) groups is 1. The Balaban J connectivity index is 3.08. The summed E-state index contributed by atoms with van der Waals surface area (Å²) in [7, 11) is 1.61. The Morgan fingerprint density at radius 1 is 1.53 bits per heavy atom. The molecule has 15 heavy (non-hydrogen) atoms. The largest absolute Gasteiger partial charge is 0.496 e. The predicted molar refractivity (Wildman–Crippen MR) is 63.7 cm³/mol. The van der Waals surface area contributed by atoms with Gasteiger partial charge in [0, 0.05) is 0 Å². The van der Waals surface area contributed by atoms with Gasteiger partial charge in [0.2, 0.25) is 0 Å². The highest BCUT2D eigenvalue weighted by molar-refractivity contribution is 7.99. The highest BCUT2D eigenvalue weighted by Gasteiger charge is 2.10. The van der Waals surface area contributed by atoms with Crippen molar-refractivity contribution in [2.24, 2.45) is 0 Å². The van der Waals surface area contributed by atoms with Crippen LogP contribution >= 0.6 is 23.4 Å². The van der Waals surface area contributed by atoms with Gasteiger partial charge in [-0.2, -0.15) is 5.26 Å². The average molecular weight is 242 g/mol. The number of nitriles is 1. The van der Waals surface area contributed by atoms with Crippen LogP contribution in [0.2, 0.25) is 5.02 Å². The van der Waals surface area contributed by atoms with Crippen molar-refractivity contribution in [3.8, 4) is 11.8 Å². The molecule has 4 heteroatoms. The molecule has 0 N–H and O–H groups in total. The van der Waals surface area contributed by atoms with E-state index in [1.54, 1.807) is 7.11 Å². The number of aryl methyl sites for hydroxylation is 1. The maximum Gasteiger partial charge on any atom is 0.134 e. The van der Waals surface area contributed by atoms with Crippen LogP contribution in [0.1, 0.15) is 12.5 Å². The number of hydrogen-bond donors (Lipinski definition) is 0. The van der Waals surface area contributed by atoms with Crippen molar-refractivity contribution < 1.29 is 4.74 Å². The molecular formula is C11H12ClNOS. The van der Waals surface area contributed by atoms with E-state index in [1.807, 2.05) is 12.1 Å². The van der Waals surface area contributed by atoms with Crippen LogP contribution in [-0.2, 0) is 6.42 Å². The Morgan fingerprint density at radius 3 is 2.80 bits per heavy atom. The van der Waals surface area contributed by atoms with Crippen LogP contribution < -0.4 is 4.74 Å². The molecule has 0 atom stereocenters. The van der Waals surface area contributed by atoms with E-state index in [9.17, 15) is 0 Å². The van der Waals surface area contributed by atoms with Crippen LogP contribution in [0, 0.1) is 11.3 Å². The second-order valence-electron chi connectivity index (χ2n) is 2.91. The number of benzene rings is 1. The normalized spacial score (nSPS) is 9.73. The van der Waals surface area contributed by atoms with Crippen molar-refractivity contribution in [2.75, 3.05) is 12.9 Å². The van der Waals surface area contributed by atoms with E-state index < -0.39 is 0 Å². The number of hydrogen-bond acceptors (Lipinski definition) is 3. The van der Waals surface area contributed by atoms with E-state index in [2.05, 4.69) is 13.0 Å². The first-order chi connectivity index (χ1) is 7.22. The van der Waals surface area contributed by atoms with Gasteiger partial charge in [0.1, 0.15) is 5.75 Å². The minimum atomic E-state index is 0.377. The standard InChI is InChI=1S/C11H12ClNOS/c1-3-8-6-9(12)11(15-5-4-13)10(7-8)14-2/h6-7H,3,5H2,1-2H3. The molecule has 0 aliphatic carbocycles.